The summed E-state index contributed by atoms with van der Waals surface area (Å²) < 4.78 is 0. The van der Waals surface area contributed by atoms with Gasteiger partial charge in [-0.3, -0.25) is 0 Å². The van der Waals surface area contributed by atoms with E-state index in [2.05, 4.69) is 26.5 Å². The highest BCUT2D eigenvalue weighted by molar-refractivity contribution is 5.16. The maximum Gasteiger partial charge on any atom is 0.0797 e. The Labute approximate surface area is 105 Å². The van der Waals surface area contributed by atoms with Gasteiger partial charge in [-0.15, -0.1) is 6.58 Å². The minimum absolute atomic E-state index is 0.137. The Hall–Kier alpha value is -0.600. The predicted octanol–water partition coefficient (Wildman–Crippen LogP) is 3.06. The zero-order chi connectivity index (χ0) is 13.3. The van der Waals surface area contributed by atoms with E-state index in [-0.39, 0.29) is 11.8 Å². The molecule has 0 aromatic carbocycles. The minimum Gasteiger partial charge on any atom is -0.389 e. The molecular weight excluding hydrogens is 212 g/mol. The predicted molar refractivity (Wildman–Crippen MR) is 71.7 cm³/mol. The van der Waals surface area contributed by atoms with Crippen LogP contribution >= 0.6 is 0 Å². The molecule has 0 aromatic heterocycles. The van der Waals surface area contributed by atoms with Crippen LogP contribution in [-0.2, 0) is 0 Å². The summed E-state index contributed by atoms with van der Waals surface area (Å²) in [5.41, 5.74) is -0.263. The fourth-order valence-corrected chi connectivity index (χ4v) is 2.61. The summed E-state index contributed by atoms with van der Waals surface area (Å²) in [5.74, 6) is 0.405. The van der Waals surface area contributed by atoms with Gasteiger partial charge < -0.3 is 10.2 Å². The zero-order valence-corrected chi connectivity index (χ0v) is 11.5. The molecule has 4 unspecified atom stereocenters. The first-order chi connectivity index (χ1) is 7.70. The Morgan fingerprint density at radius 1 is 1.65 bits per heavy atom. The molecule has 98 valence electrons. The zero-order valence-electron chi connectivity index (χ0n) is 11.5. The van der Waals surface area contributed by atoms with Gasteiger partial charge in [0.2, 0.25) is 0 Å². The normalized spacial score (nSPS) is 37.2. The highest BCUT2D eigenvalue weighted by atomic mass is 16.3. The molecule has 0 saturated heterocycles. The number of hydrogen-bond donors (Lipinski definition) is 2. The number of hydrogen-bond acceptors (Lipinski definition) is 2. The van der Waals surface area contributed by atoms with E-state index < -0.39 is 11.2 Å². The molecule has 2 N–H and O–H groups in total. The highest BCUT2D eigenvalue weighted by Gasteiger charge is 2.40. The largest absolute Gasteiger partial charge is 0.389 e. The molecule has 0 bridgehead atoms. The first kappa shape index (κ1) is 14.5. The van der Waals surface area contributed by atoms with Crippen LogP contribution in [0, 0.1) is 11.8 Å². The second-order valence-corrected chi connectivity index (χ2v) is 5.96. The fraction of sp³-hybridized carbons (Fsp3) is 0.733. The van der Waals surface area contributed by atoms with Crippen LogP contribution in [0.15, 0.2) is 24.3 Å². The lowest BCUT2D eigenvalue weighted by Crippen LogP contribution is -2.44. The molecule has 1 rings (SSSR count). The molecule has 17 heavy (non-hydrogen) atoms. The van der Waals surface area contributed by atoms with E-state index in [4.69, 9.17) is 0 Å². The van der Waals surface area contributed by atoms with Crippen LogP contribution in [-0.4, -0.2) is 21.4 Å². The molecule has 0 radical (unpaired) electrons. The molecule has 2 heteroatoms. The summed E-state index contributed by atoms with van der Waals surface area (Å²) in [7, 11) is 0. The lowest BCUT2D eigenvalue weighted by molar-refractivity contribution is -0.0487. The third-order valence-corrected chi connectivity index (χ3v) is 4.43. The molecule has 0 saturated carbocycles. The third-order valence-electron chi connectivity index (χ3n) is 4.43. The van der Waals surface area contributed by atoms with Gasteiger partial charge in [-0.05, 0) is 46.0 Å². The molecule has 2 nitrogen and oxygen atoms in total. The van der Waals surface area contributed by atoms with E-state index >= 15 is 0 Å². The number of rotatable bonds is 4. The lowest BCUT2D eigenvalue weighted by atomic mass is 9.68. The average molecular weight is 238 g/mol. The monoisotopic (exact) mass is 238 g/mol. The summed E-state index contributed by atoms with van der Waals surface area (Å²) >= 11 is 0. The highest BCUT2D eigenvalue weighted by Crippen LogP contribution is 2.41. The van der Waals surface area contributed by atoms with Crippen molar-refractivity contribution in [1.82, 2.24) is 0 Å². The Balaban J connectivity index is 2.77. The average Bonchev–Trinajstić information content (AvgIpc) is 2.23. The molecule has 0 aromatic rings. The van der Waals surface area contributed by atoms with E-state index in [1.807, 2.05) is 6.92 Å². The van der Waals surface area contributed by atoms with Crippen LogP contribution in [0.4, 0.5) is 0 Å². The van der Waals surface area contributed by atoms with Gasteiger partial charge in [0.1, 0.15) is 0 Å². The van der Waals surface area contributed by atoms with Crippen molar-refractivity contribution < 1.29 is 10.2 Å². The van der Waals surface area contributed by atoms with E-state index in [1.54, 1.807) is 13.0 Å². The Bertz CT molecular complexity index is 313. The minimum atomic E-state index is -0.836. The summed E-state index contributed by atoms with van der Waals surface area (Å²) in [6.45, 7) is 11.5. The Kier molecular flexibility index (Phi) is 4.21. The molecule has 0 spiro atoms. The molecule has 0 fully saturated rings. The molecule has 0 amide bonds. The van der Waals surface area contributed by atoms with Crippen molar-refractivity contribution in [2.75, 3.05) is 0 Å². The van der Waals surface area contributed by atoms with Gasteiger partial charge in [0.15, 0.2) is 0 Å². The topological polar surface area (TPSA) is 40.5 Å². The second-order valence-electron chi connectivity index (χ2n) is 5.96. The number of allylic oxidation sites excluding steroid dienone is 1. The van der Waals surface area contributed by atoms with Crippen molar-refractivity contribution in [2.24, 2.45) is 11.8 Å². The van der Waals surface area contributed by atoms with Crippen LogP contribution in [0.3, 0.4) is 0 Å². The Morgan fingerprint density at radius 3 is 2.76 bits per heavy atom. The standard InChI is InChI=1S/C15H26O2/c1-6-14(4,16)10-9-13-11(2)7-8-12(3)15(13,5)17/h6-7,12-13,16-17H,1,8-10H2,2-5H3. The molecular formula is C15H26O2. The summed E-state index contributed by atoms with van der Waals surface area (Å²) in [6.07, 6.45) is 6.16. The van der Waals surface area contributed by atoms with Crippen LogP contribution in [0.25, 0.3) is 0 Å². The van der Waals surface area contributed by atoms with E-state index in [0.717, 1.165) is 12.8 Å². The van der Waals surface area contributed by atoms with Crippen molar-refractivity contribution in [2.45, 2.75) is 58.2 Å². The van der Waals surface area contributed by atoms with Gasteiger partial charge in [0.05, 0.1) is 11.2 Å². The third kappa shape index (κ3) is 3.20. The van der Waals surface area contributed by atoms with Crippen LogP contribution in [0.5, 0.6) is 0 Å². The van der Waals surface area contributed by atoms with Gasteiger partial charge in [-0.2, -0.15) is 0 Å². The smallest absolute Gasteiger partial charge is 0.0797 e. The van der Waals surface area contributed by atoms with Crippen LogP contribution in [0.2, 0.25) is 0 Å². The summed E-state index contributed by atoms with van der Waals surface area (Å²) in [5, 5.41) is 20.6. The first-order valence-electron chi connectivity index (χ1n) is 6.45. The van der Waals surface area contributed by atoms with E-state index in [9.17, 15) is 10.2 Å². The molecule has 4 atom stereocenters. The molecule has 1 aliphatic rings. The van der Waals surface area contributed by atoms with Crippen molar-refractivity contribution >= 4 is 0 Å². The molecule has 0 heterocycles. The Morgan fingerprint density at radius 2 is 2.24 bits per heavy atom. The lowest BCUT2D eigenvalue weighted by Gasteiger charge is -2.42. The van der Waals surface area contributed by atoms with E-state index in [0.29, 0.717) is 6.42 Å². The van der Waals surface area contributed by atoms with Crippen LogP contribution < -0.4 is 0 Å². The van der Waals surface area contributed by atoms with Gasteiger partial charge >= 0.3 is 0 Å². The maximum atomic E-state index is 10.6. The van der Waals surface area contributed by atoms with Crippen LogP contribution in [0.1, 0.15) is 47.0 Å². The van der Waals surface area contributed by atoms with Crippen molar-refractivity contribution in [3.63, 3.8) is 0 Å². The van der Waals surface area contributed by atoms with Gasteiger partial charge in [0, 0.05) is 5.92 Å². The van der Waals surface area contributed by atoms with Gasteiger partial charge in [0.25, 0.3) is 0 Å². The quantitative estimate of drug-likeness (QED) is 0.739. The van der Waals surface area contributed by atoms with Gasteiger partial charge in [-0.25, -0.2) is 0 Å². The van der Waals surface area contributed by atoms with Gasteiger partial charge in [-0.1, -0.05) is 24.6 Å². The summed E-state index contributed by atoms with van der Waals surface area (Å²) in [6, 6.07) is 0. The number of aliphatic hydroxyl groups is 2. The van der Waals surface area contributed by atoms with Crippen molar-refractivity contribution in [3.8, 4) is 0 Å². The SMILES string of the molecule is C=CC(C)(O)CCC1C(C)=CCC(C)C1(C)O. The fourth-order valence-electron chi connectivity index (χ4n) is 2.61. The van der Waals surface area contributed by atoms with Crippen molar-refractivity contribution in [3.05, 3.63) is 24.3 Å². The summed E-state index contributed by atoms with van der Waals surface area (Å²) in [4.78, 5) is 0. The first-order valence-corrected chi connectivity index (χ1v) is 6.45. The molecule has 1 aliphatic carbocycles. The second kappa shape index (κ2) is 4.95. The maximum absolute atomic E-state index is 10.6. The van der Waals surface area contributed by atoms with Crippen molar-refractivity contribution in [1.29, 1.82) is 0 Å². The van der Waals surface area contributed by atoms with E-state index in [1.165, 1.54) is 5.57 Å². The molecule has 0 aliphatic heterocycles.